The first-order valence-corrected chi connectivity index (χ1v) is 11.2. The lowest BCUT2D eigenvalue weighted by Gasteiger charge is -2.19. The molecule has 1 aromatic heterocycles. The molecule has 0 aliphatic carbocycles. The van der Waals surface area contributed by atoms with Gasteiger partial charge in [0.1, 0.15) is 6.07 Å². The van der Waals surface area contributed by atoms with E-state index in [4.69, 9.17) is 9.15 Å². The average molecular weight is 419 g/mol. The normalized spacial score (nSPS) is 15.6. The Morgan fingerprint density at radius 1 is 1.21 bits per heavy atom. The standard InChI is InChI=1S/C20H26N4O4S/c1-27-14-6-11-22-20-18(15-21)23-19(28-20)16-7-9-17(10-8-16)29(25,26)24-12-4-2-3-5-13-24/h7-10,22H,2-6,11-14H2,1H3. The number of oxazole rings is 1. The van der Waals surface area contributed by atoms with Gasteiger partial charge in [0.25, 0.3) is 0 Å². The number of aromatic nitrogens is 1. The summed E-state index contributed by atoms with van der Waals surface area (Å²) in [5, 5.41) is 12.3. The van der Waals surface area contributed by atoms with Crippen LogP contribution < -0.4 is 5.32 Å². The second-order valence-electron chi connectivity index (χ2n) is 6.92. The van der Waals surface area contributed by atoms with Crippen LogP contribution in [0.1, 0.15) is 37.8 Å². The molecule has 0 unspecified atom stereocenters. The molecule has 2 heterocycles. The molecule has 29 heavy (non-hydrogen) atoms. The Balaban J connectivity index is 1.76. The van der Waals surface area contributed by atoms with Gasteiger partial charge in [0.2, 0.25) is 27.5 Å². The Hall–Kier alpha value is -2.41. The predicted molar refractivity (Wildman–Crippen MR) is 109 cm³/mol. The minimum Gasteiger partial charge on any atom is -0.419 e. The van der Waals surface area contributed by atoms with E-state index in [1.54, 1.807) is 35.7 Å². The maximum atomic E-state index is 12.9. The number of hydrogen-bond donors (Lipinski definition) is 1. The molecule has 1 saturated heterocycles. The number of anilines is 1. The molecule has 0 radical (unpaired) electrons. The van der Waals surface area contributed by atoms with E-state index in [0.717, 1.165) is 32.1 Å². The van der Waals surface area contributed by atoms with E-state index < -0.39 is 10.0 Å². The third-order valence-corrected chi connectivity index (χ3v) is 6.76. The number of hydrogen-bond acceptors (Lipinski definition) is 7. The maximum Gasteiger partial charge on any atom is 0.243 e. The molecule has 0 amide bonds. The van der Waals surface area contributed by atoms with Gasteiger partial charge in [-0.3, -0.25) is 0 Å². The van der Waals surface area contributed by atoms with E-state index in [0.29, 0.717) is 37.7 Å². The number of nitrogens with zero attached hydrogens (tertiary/aromatic N) is 3. The van der Waals surface area contributed by atoms with Gasteiger partial charge in [-0.25, -0.2) is 8.42 Å². The van der Waals surface area contributed by atoms with Gasteiger partial charge in [-0.2, -0.15) is 14.6 Å². The van der Waals surface area contributed by atoms with Crippen molar-refractivity contribution < 1.29 is 17.6 Å². The molecule has 2 aromatic rings. The number of nitrogens with one attached hydrogen (secondary N) is 1. The summed E-state index contributed by atoms with van der Waals surface area (Å²) >= 11 is 0. The molecule has 1 aliphatic heterocycles. The van der Waals surface area contributed by atoms with Crippen molar-refractivity contribution in [1.82, 2.24) is 9.29 Å². The van der Waals surface area contributed by atoms with E-state index in [1.165, 1.54) is 0 Å². The highest BCUT2D eigenvalue weighted by atomic mass is 32.2. The van der Waals surface area contributed by atoms with Crippen LogP contribution in [-0.4, -0.2) is 51.1 Å². The minimum atomic E-state index is -3.50. The predicted octanol–water partition coefficient (Wildman–Crippen LogP) is 3.23. The van der Waals surface area contributed by atoms with Gasteiger partial charge in [-0.1, -0.05) is 12.8 Å². The molecule has 0 spiro atoms. The molecule has 156 valence electrons. The quantitative estimate of drug-likeness (QED) is 0.656. The fourth-order valence-electron chi connectivity index (χ4n) is 3.26. The summed E-state index contributed by atoms with van der Waals surface area (Å²) in [4.78, 5) is 4.47. The average Bonchev–Trinajstić information content (AvgIpc) is 2.94. The molecule has 0 bridgehead atoms. The summed E-state index contributed by atoms with van der Waals surface area (Å²) in [5.41, 5.74) is 0.778. The summed E-state index contributed by atoms with van der Waals surface area (Å²) in [6.45, 7) is 2.31. The van der Waals surface area contributed by atoms with Crippen molar-refractivity contribution in [2.45, 2.75) is 37.0 Å². The topological polar surface area (TPSA) is 108 Å². The van der Waals surface area contributed by atoms with E-state index in [-0.39, 0.29) is 16.5 Å². The molecular weight excluding hydrogens is 392 g/mol. The van der Waals surface area contributed by atoms with Crippen molar-refractivity contribution in [2.24, 2.45) is 0 Å². The zero-order valence-corrected chi connectivity index (χ0v) is 17.4. The highest BCUT2D eigenvalue weighted by Crippen LogP contribution is 2.27. The smallest absolute Gasteiger partial charge is 0.243 e. The largest absolute Gasteiger partial charge is 0.419 e. The van der Waals surface area contributed by atoms with Crippen LogP contribution in [0, 0.1) is 11.3 Å². The highest BCUT2D eigenvalue weighted by molar-refractivity contribution is 7.89. The van der Waals surface area contributed by atoms with Crippen LogP contribution in [0.25, 0.3) is 11.5 Å². The van der Waals surface area contributed by atoms with Crippen LogP contribution >= 0.6 is 0 Å². The van der Waals surface area contributed by atoms with E-state index in [2.05, 4.69) is 10.3 Å². The highest BCUT2D eigenvalue weighted by Gasteiger charge is 2.25. The van der Waals surface area contributed by atoms with Crippen molar-refractivity contribution in [3.8, 4) is 17.5 Å². The van der Waals surface area contributed by atoms with Gasteiger partial charge in [-0.05, 0) is 43.5 Å². The molecular formula is C20H26N4O4S. The molecule has 8 nitrogen and oxygen atoms in total. The molecule has 1 fully saturated rings. The summed E-state index contributed by atoms with van der Waals surface area (Å²) in [6, 6.07) is 8.46. The van der Waals surface area contributed by atoms with Gasteiger partial charge in [0.15, 0.2) is 0 Å². The Bertz CT molecular complexity index is 940. The summed E-state index contributed by atoms with van der Waals surface area (Å²) in [7, 11) is -1.87. The van der Waals surface area contributed by atoms with Gasteiger partial charge in [0, 0.05) is 38.9 Å². The van der Waals surface area contributed by atoms with Gasteiger partial charge in [-0.15, -0.1) is 0 Å². The monoisotopic (exact) mass is 418 g/mol. The first kappa shape index (κ1) is 21.3. The zero-order chi connectivity index (χ0) is 20.7. The first-order chi connectivity index (χ1) is 14.1. The fourth-order valence-corrected chi connectivity index (χ4v) is 4.78. The van der Waals surface area contributed by atoms with Crippen molar-refractivity contribution in [3.05, 3.63) is 30.0 Å². The Morgan fingerprint density at radius 2 is 1.90 bits per heavy atom. The first-order valence-electron chi connectivity index (χ1n) is 9.80. The van der Waals surface area contributed by atoms with Crippen molar-refractivity contribution >= 4 is 15.9 Å². The molecule has 0 saturated carbocycles. The van der Waals surface area contributed by atoms with Crippen LogP contribution in [0.5, 0.6) is 0 Å². The van der Waals surface area contributed by atoms with E-state index in [9.17, 15) is 13.7 Å². The number of methoxy groups -OCH3 is 1. The van der Waals surface area contributed by atoms with Gasteiger partial charge >= 0.3 is 0 Å². The molecule has 0 atom stereocenters. The van der Waals surface area contributed by atoms with Gasteiger partial charge in [0.05, 0.1) is 4.90 Å². The minimum absolute atomic E-state index is 0.165. The van der Waals surface area contributed by atoms with Crippen LogP contribution in [0.15, 0.2) is 33.6 Å². The maximum absolute atomic E-state index is 12.9. The Labute approximate surface area is 171 Å². The molecule has 3 rings (SSSR count). The molecule has 1 aromatic carbocycles. The second kappa shape index (κ2) is 9.87. The number of rotatable bonds is 8. The molecule has 9 heteroatoms. The number of benzene rings is 1. The van der Waals surface area contributed by atoms with Crippen LogP contribution in [-0.2, 0) is 14.8 Å². The van der Waals surface area contributed by atoms with Crippen LogP contribution in [0.3, 0.4) is 0 Å². The number of sulfonamides is 1. The summed E-state index contributed by atoms with van der Waals surface area (Å²) in [5.74, 6) is 0.578. The van der Waals surface area contributed by atoms with Crippen molar-refractivity contribution in [3.63, 3.8) is 0 Å². The summed E-state index contributed by atoms with van der Waals surface area (Å²) < 4.78 is 38.0. The number of ether oxygens (including phenoxy) is 1. The third-order valence-electron chi connectivity index (χ3n) is 4.85. The van der Waals surface area contributed by atoms with Crippen molar-refractivity contribution in [1.29, 1.82) is 5.26 Å². The lowest BCUT2D eigenvalue weighted by Crippen LogP contribution is -2.31. The second-order valence-corrected chi connectivity index (χ2v) is 8.86. The lowest BCUT2D eigenvalue weighted by molar-refractivity contribution is 0.197. The van der Waals surface area contributed by atoms with E-state index in [1.807, 2.05) is 6.07 Å². The molecule has 1 N–H and O–H groups in total. The fraction of sp³-hybridized carbons (Fsp3) is 0.500. The van der Waals surface area contributed by atoms with Crippen LogP contribution in [0.2, 0.25) is 0 Å². The third kappa shape index (κ3) is 5.15. The molecule has 1 aliphatic rings. The number of nitriles is 1. The van der Waals surface area contributed by atoms with Crippen molar-refractivity contribution in [2.75, 3.05) is 38.7 Å². The SMILES string of the molecule is COCCCNc1oc(-c2ccc(S(=O)(=O)N3CCCCCC3)cc2)nc1C#N. The zero-order valence-electron chi connectivity index (χ0n) is 16.6. The van der Waals surface area contributed by atoms with E-state index >= 15 is 0 Å². The lowest BCUT2D eigenvalue weighted by atomic mass is 10.2. The Morgan fingerprint density at radius 3 is 2.52 bits per heavy atom. The van der Waals surface area contributed by atoms with Crippen LogP contribution in [0.4, 0.5) is 5.88 Å². The van der Waals surface area contributed by atoms with Gasteiger partial charge < -0.3 is 14.5 Å². The summed E-state index contributed by atoms with van der Waals surface area (Å²) in [6.07, 6.45) is 4.69. The Kier molecular flexibility index (Phi) is 7.25.